The maximum atomic E-state index is 12.9. The number of nitro groups is 1. The number of sulfonamides is 1. The van der Waals surface area contributed by atoms with E-state index < -0.39 is 20.6 Å². The van der Waals surface area contributed by atoms with Gasteiger partial charge in [0, 0.05) is 32.2 Å². The number of methoxy groups -OCH3 is 1. The number of nitrogens with zero attached hydrogens (tertiary/aromatic N) is 3. The smallest absolute Gasteiger partial charge is 0.312 e. The molecular formula is C20H23N3O7S. The monoisotopic (exact) mass is 449 g/mol. The van der Waals surface area contributed by atoms with Gasteiger partial charge in [0.15, 0.2) is 0 Å². The van der Waals surface area contributed by atoms with Crippen molar-refractivity contribution in [2.45, 2.75) is 11.3 Å². The molecule has 3 rings (SSSR count). The molecule has 166 valence electrons. The Bertz CT molecular complexity index is 1060. The van der Waals surface area contributed by atoms with Crippen LogP contribution in [-0.2, 0) is 26.0 Å². The average Bonchev–Trinajstić information content (AvgIpc) is 2.75. The van der Waals surface area contributed by atoms with E-state index in [1.807, 2.05) is 11.9 Å². The van der Waals surface area contributed by atoms with Crippen molar-refractivity contribution in [2.24, 2.45) is 0 Å². The van der Waals surface area contributed by atoms with Crippen LogP contribution < -0.4 is 4.74 Å². The molecule has 31 heavy (non-hydrogen) atoms. The summed E-state index contributed by atoms with van der Waals surface area (Å²) < 4.78 is 37.3. The fourth-order valence-electron chi connectivity index (χ4n) is 3.11. The zero-order valence-corrected chi connectivity index (χ0v) is 18.0. The van der Waals surface area contributed by atoms with E-state index in [-0.39, 0.29) is 23.0 Å². The van der Waals surface area contributed by atoms with E-state index in [2.05, 4.69) is 4.74 Å². The van der Waals surface area contributed by atoms with Gasteiger partial charge in [-0.3, -0.25) is 14.9 Å². The van der Waals surface area contributed by atoms with Gasteiger partial charge in [-0.25, -0.2) is 8.42 Å². The molecule has 0 N–H and O–H groups in total. The number of carbonyl (C=O) groups excluding carboxylic acids is 1. The Balaban J connectivity index is 1.82. The van der Waals surface area contributed by atoms with Crippen LogP contribution in [0, 0.1) is 10.1 Å². The van der Waals surface area contributed by atoms with Crippen LogP contribution in [0.2, 0.25) is 0 Å². The second-order valence-electron chi connectivity index (χ2n) is 7.09. The molecule has 0 spiro atoms. The lowest BCUT2D eigenvalue weighted by molar-refractivity contribution is -0.385. The molecule has 1 heterocycles. The zero-order valence-electron chi connectivity index (χ0n) is 17.2. The van der Waals surface area contributed by atoms with E-state index in [0.717, 1.165) is 6.07 Å². The first-order chi connectivity index (χ1) is 14.7. The minimum atomic E-state index is -3.85. The van der Waals surface area contributed by atoms with Crippen molar-refractivity contribution in [1.82, 2.24) is 9.21 Å². The Hall–Kier alpha value is -3.02. The third-order valence-corrected chi connectivity index (χ3v) is 6.85. The number of hydrogen-bond donors (Lipinski definition) is 0. The summed E-state index contributed by atoms with van der Waals surface area (Å²) in [7, 11) is -0.644. The van der Waals surface area contributed by atoms with E-state index in [1.165, 1.54) is 23.5 Å². The number of rotatable bonds is 7. The summed E-state index contributed by atoms with van der Waals surface area (Å²) in [5.74, 6) is -0.157. The molecule has 0 bridgehead atoms. The van der Waals surface area contributed by atoms with Crippen LogP contribution in [-0.4, -0.2) is 68.9 Å². The van der Waals surface area contributed by atoms with Crippen LogP contribution in [0.1, 0.15) is 5.56 Å². The molecule has 10 nitrogen and oxygen atoms in total. The molecule has 0 atom stereocenters. The molecule has 1 aliphatic heterocycles. The van der Waals surface area contributed by atoms with Gasteiger partial charge in [0.05, 0.1) is 23.3 Å². The number of hydrogen-bond acceptors (Lipinski definition) is 8. The Morgan fingerprint density at radius 3 is 2.32 bits per heavy atom. The topological polar surface area (TPSA) is 119 Å². The quantitative estimate of drug-likeness (QED) is 0.358. The largest absolute Gasteiger partial charge is 0.469 e. The second-order valence-corrected chi connectivity index (χ2v) is 9.03. The first-order valence-corrected chi connectivity index (χ1v) is 11.0. The summed E-state index contributed by atoms with van der Waals surface area (Å²) in [6.45, 7) is 1.83. The van der Waals surface area contributed by atoms with E-state index in [4.69, 9.17) is 4.74 Å². The van der Waals surface area contributed by atoms with Crippen LogP contribution in [0.25, 0.3) is 0 Å². The molecule has 0 aliphatic carbocycles. The summed E-state index contributed by atoms with van der Waals surface area (Å²) in [5.41, 5.74) is 0.246. The lowest BCUT2D eigenvalue weighted by atomic mass is 10.1. The standard InChI is InChI=1S/C20H23N3O7S/c1-21-9-11-22(12-10-21)31(27,28)17-7-8-19(18(14-17)23(25)26)30-16-5-3-15(4-6-16)13-20(24)29-2/h3-8,14H,9-13H2,1-2H3. The third kappa shape index (κ3) is 5.37. The van der Waals surface area contributed by atoms with Crippen LogP contribution in [0.5, 0.6) is 11.5 Å². The van der Waals surface area contributed by atoms with Gasteiger partial charge in [0.2, 0.25) is 15.8 Å². The van der Waals surface area contributed by atoms with E-state index in [9.17, 15) is 23.3 Å². The van der Waals surface area contributed by atoms with Crippen molar-refractivity contribution in [3.63, 3.8) is 0 Å². The molecule has 1 saturated heterocycles. The predicted molar refractivity (Wildman–Crippen MR) is 112 cm³/mol. The lowest BCUT2D eigenvalue weighted by Crippen LogP contribution is -2.47. The predicted octanol–water partition coefficient (Wildman–Crippen LogP) is 2.04. The first kappa shape index (κ1) is 22.7. The number of nitro benzene ring substituents is 1. The SMILES string of the molecule is COC(=O)Cc1ccc(Oc2ccc(S(=O)(=O)N3CCN(C)CC3)cc2[N+](=O)[O-])cc1. The van der Waals surface area contributed by atoms with Gasteiger partial charge in [-0.05, 0) is 36.9 Å². The zero-order chi connectivity index (χ0) is 22.6. The molecule has 1 fully saturated rings. The van der Waals surface area contributed by atoms with Crippen molar-refractivity contribution < 1.29 is 27.6 Å². The maximum absolute atomic E-state index is 12.9. The minimum Gasteiger partial charge on any atom is -0.469 e. The van der Waals surface area contributed by atoms with Crippen molar-refractivity contribution in [3.8, 4) is 11.5 Å². The summed E-state index contributed by atoms with van der Waals surface area (Å²) in [6.07, 6.45) is 0.0930. The first-order valence-electron chi connectivity index (χ1n) is 9.51. The van der Waals surface area contributed by atoms with Gasteiger partial charge in [-0.2, -0.15) is 4.31 Å². The van der Waals surface area contributed by atoms with Gasteiger partial charge in [-0.1, -0.05) is 12.1 Å². The lowest BCUT2D eigenvalue weighted by Gasteiger charge is -2.31. The second kappa shape index (κ2) is 9.41. The Kier molecular flexibility index (Phi) is 6.88. The highest BCUT2D eigenvalue weighted by Crippen LogP contribution is 2.34. The summed E-state index contributed by atoms with van der Waals surface area (Å²) in [4.78, 5) is 24.1. The number of ether oxygens (including phenoxy) is 2. The molecular weight excluding hydrogens is 426 g/mol. The number of carbonyl (C=O) groups is 1. The van der Waals surface area contributed by atoms with Gasteiger partial charge < -0.3 is 14.4 Å². The summed E-state index contributed by atoms with van der Waals surface area (Å²) in [6, 6.07) is 10.0. The summed E-state index contributed by atoms with van der Waals surface area (Å²) in [5, 5.41) is 11.6. The number of piperazine rings is 1. The van der Waals surface area contributed by atoms with Crippen molar-refractivity contribution in [2.75, 3.05) is 40.3 Å². The van der Waals surface area contributed by atoms with Gasteiger partial charge >= 0.3 is 11.7 Å². The van der Waals surface area contributed by atoms with Crippen LogP contribution in [0.15, 0.2) is 47.4 Å². The minimum absolute atomic E-state index is 0.0805. The molecule has 0 radical (unpaired) electrons. The third-order valence-electron chi connectivity index (χ3n) is 4.95. The van der Waals surface area contributed by atoms with E-state index in [0.29, 0.717) is 37.5 Å². The Morgan fingerprint density at radius 2 is 1.74 bits per heavy atom. The maximum Gasteiger partial charge on any atom is 0.312 e. The Labute approximate surface area is 180 Å². The van der Waals surface area contributed by atoms with Crippen molar-refractivity contribution >= 4 is 21.7 Å². The van der Waals surface area contributed by atoms with E-state index in [1.54, 1.807) is 24.3 Å². The highest BCUT2D eigenvalue weighted by atomic mass is 32.2. The fourth-order valence-corrected chi connectivity index (χ4v) is 4.55. The van der Waals surface area contributed by atoms with Gasteiger partial charge in [0.1, 0.15) is 5.75 Å². The number of benzene rings is 2. The molecule has 11 heteroatoms. The highest BCUT2D eigenvalue weighted by Gasteiger charge is 2.30. The molecule has 2 aromatic carbocycles. The van der Waals surface area contributed by atoms with Crippen molar-refractivity contribution in [3.05, 3.63) is 58.1 Å². The molecule has 0 amide bonds. The number of likely N-dealkylation sites (N-methyl/N-ethyl adjacent to an activating group) is 1. The van der Waals surface area contributed by atoms with Crippen LogP contribution in [0.4, 0.5) is 5.69 Å². The fraction of sp³-hybridized carbons (Fsp3) is 0.350. The van der Waals surface area contributed by atoms with Gasteiger partial charge in [-0.15, -0.1) is 0 Å². The average molecular weight is 449 g/mol. The summed E-state index contributed by atoms with van der Waals surface area (Å²) >= 11 is 0. The van der Waals surface area contributed by atoms with E-state index >= 15 is 0 Å². The van der Waals surface area contributed by atoms with Gasteiger partial charge in [0.25, 0.3) is 0 Å². The number of esters is 1. The van der Waals surface area contributed by atoms with Crippen LogP contribution >= 0.6 is 0 Å². The highest BCUT2D eigenvalue weighted by molar-refractivity contribution is 7.89. The molecule has 0 unspecified atom stereocenters. The normalized spacial score (nSPS) is 15.4. The van der Waals surface area contributed by atoms with Crippen molar-refractivity contribution in [1.29, 1.82) is 0 Å². The molecule has 2 aromatic rings. The molecule has 0 aromatic heterocycles. The Morgan fingerprint density at radius 1 is 1.10 bits per heavy atom. The molecule has 0 saturated carbocycles. The molecule has 1 aliphatic rings. The van der Waals surface area contributed by atoms with Crippen LogP contribution in [0.3, 0.4) is 0 Å².